The highest BCUT2D eigenvalue weighted by Gasteiger charge is 2.35. The van der Waals surface area contributed by atoms with Crippen LogP contribution in [0.4, 0.5) is 9.59 Å². The largest absolute Gasteiger partial charge is 0.459 e. The van der Waals surface area contributed by atoms with Gasteiger partial charge in [-0.15, -0.1) is 0 Å². The zero-order valence-corrected chi connectivity index (χ0v) is 27.8. The van der Waals surface area contributed by atoms with Crippen molar-refractivity contribution in [2.45, 2.75) is 97.1 Å². The highest BCUT2D eigenvalue weighted by atomic mass is 16.6. The van der Waals surface area contributed by atoms with Gasteiger partial charge in [-0.05, 0) is 97.1 Å². The Morgan fingerprint density at radius 1 is 0.894 bits per heavy atom. The molecule has 1 fully saturated rings. The third-order valence-electron chi connectivity index (χ3n) is 7.29. The summed E-state index contributed by atoms with van der Waals surface area (Å²) in [5.74, 6) is -0.940. The van der Waals surface area contributed by atoms with Gasteiger partial charge in [-0.25, -0.2) is 9.59 Å². The Kier molecular flexibility index (Phi) is 10.9. The second-order valence-corrected chi connectivity index (χ2v) is 13.6. The zero-order valence-electron chi connectivity index (χ0n) is 27.8. The molecule has 0 bridgehead atoms. The molecule has 12 nitrogen and oxygen atoms in total. The maximum Gasteiger partial charge on any atom is 0.413 e. The van der Waals surface area contributed by atoms with E-state index in [1.165, 1.54) is 4.90 Å². The van der Waals surface area contributed by atoms with Crippen LogP contribution < -0.4 is 10.6 Å². The number of rotatable bonds is 8. The summed E-state index contributed by atoms with van der Waals surface area (Å²) >= 11 is 0. The van der Waals surface area contributed by atoms with Crippen molar-refractivity contribution in [1.29, 1.82) is 5.41 Å². The number of carbonyl (C=O) groups is 4. The number of hydrogen-bond donors (Lipinski definition) is 3. The molecule has 1 heterocycles. The number of nitrogens with zero attached hydrogens (tertiary/aromatic N) is 1. The predicted molar refractivity (Wildman–Crippen MR) is 175 cm³/mol. The highest BCUT2D eigenvalue weighted by molar-refractivity contribution is 6.06. The molecule has 47 heavy (non-hydrogen) atoms. The van der Waals surface area contributed by atoms with Crippen molar-refractivity contribution in [2.24, 2.45) is 0 Å². The van der Waals surface area contributed by atoms with Gasteiger partial charge in [0.2, 0.25) is 0 Å². The average Bonchev–Trinajstić information content (AvgIpc) is 3.42. The maximum atomic E-state index is 13.1. The smallest absolute Gasteiger partial charge is 0.413 e. The number of amidine groups is 1. The van der Waals surface area contributed by atoms with Crippen LogP contribution in [0.1, 0.15) is 88.9 Å². The van der Waals surface area contributed by atoms with E-state index in [2.05, 4.69) is 10.6 Å². The Balaban J connectivity index is 1.32. The lowest BCUT2D eigenvalue weighted by Crippen LogP contribution is -2.50. The lowest BCUT2D eigenvalue weighted by molar-refractivity contribution is -0.156. The monoisotopic (exact) mass is 648 g/mol. The fourth-order valence-corrected chi connectivity index (χ4v) is 5.21. The van der Waals surface area contributed by atoms with E-state index in [-0.39, 0.29) is 42.7 Å². The van der Waals surface area contributed by atoms with Crippen LogP contribution in [0.15, 0.2) is 59.0 Å². The highest BCUT2D eigenvalue weighted by Crippen LogP contribution is 2.27. The molecule has 12 heteroatoms. The van der Waals surface area contributed by atoms with Gasteiger partial charge in [-0.2, -0.15) is 0 Å². The minimum Gasteiger partial charge on any atom is -0.459 e. The van der Waals surface area contributed by atoms with Gasteiger partial charge in [0.05, 0.1) is 0 Å². The molecule has 4 rings (SSSR count). The van der Waals surface area contributed by atoms with Crippen LogP contribution in [-0.2, 0) is 25.6 Å². The molecule has 252 valence electrons. The standard InChI is InChI=1S/C35H44N4O8/c1-34(2,3)46-29(40)20-39(33(43)47-35(4,5)6)26-15-13-25(14-16-26)37-31(41)28-19-24-18-23(12-17-27(24)45-28)30(36)38-32(42)44-21-22-10-8-7-9-11-22/h7-12,17-19,25-26H,13-16,20-21H2,1-6H3,(H,37,41)(H2,36,38,42). The lowest BCUT2D eigenvalue weighted by Gasteiger charge is -2.37. The molecular weight excluding hydrogens is 604 g/mol. The number of hydrogen-bond acceptors (Lipinski definition) is 9. The first-order chi connectivity index (χ1) is 22.1. The number of carbonyl (C=O) groups excluding carboxylic acids is 4. The lowest BCUT2D eigenvalue weighted by atomic mass is 9.90. The second kappa shape index (κ2) is 14.7. The Labute approximate surface area is 274 Å². The molecular formula is C35H44N4O8. The van der Waals surface area contributed by atoms with Crippen molar-refractivity contribution >= 4 is 40.9 Å². The van der Waals surface area contributed by atoms with Crippen molar-refractivity contribution in [3.63, 3.8) is 0 Å². The van der Waals surface area contributed by atoms with Crippen LogP contribution in [0, 0.1) is 5.41 Å². The predicted octanol–water partition coefficient (Wildman–Crippen LogP) is 6.30. The molecule has 3 amide bonds. The van der Waals surface area contributed by atoms with Gasteiger partial charge >= 0.3 is 18.2 Å². The van der Waals surface area contributed by atoms with Crippen LogP contribution in [0.2, 0.25) is 0 Å². The van der Waals surface area contributed by atoms with E-state index >= 15 is 0 Å². The van der Waals surface area contributed by atoms with Crippen molar-refractivity contribution in [1.82, 2.24) is 15.5 Å². The molecule has 0 atom stereocenters. The minimum absolute atomic E-state index is 0.0783. The summed E-state index contributed by atoms with van der Waals surface area (Å²) in [7, 11) is 0. The van der Waals surface area contributed by atoms with Crippen molar-refractivity contribution in [3.05, 3.63) is 71.5 Å². The third-order valence-corrected chi connectivity index (χ3v) is 7.29. The maximum absolute atomic E-state index is 13.1. The molecule has 0 spiro atoms. The van der Waals surface area contributed by atoms with E-state index in [4.69, 9.17) is 24.0 Å². The van der Waals surface area contributed by atoms with Crippen LogP contribution in [-0.4, -0.2) is 64.6 Å². The Morgan fingerprint density at radius 3 is 2.19 bits per heavy atom. The van der Waals surface area contributed by atoms with Crippen LogP contribution in [0.25, 0.3) is 11.0 Å². The normalized spacial score (nSPS) is 16.6. The number of ether oxygens (including phenoxy) is 3. The number of alkyl carbamates (subject to hydrolysis) is 1. The van der Waals surface area contributed by atoms with E-state index in [0.29, 0.717) is 42.2 Å². The van der Waals surface area contributed by atoms with Crippen LogP contribution >= 0.6 is 0 Å². The van der Waals surface area contributed by atoms with Gasteiger partial charge in [0.25, 0.3) is 5.91 Å². The number of amides is 3. The summed E-state index contributed by atoms with van der Waals surface area (Å²) in [5.41, 5.74) is 0.283. The summed E-state index contributed by atoms with van der Waals surface area (Å²) in [5, 5.41) is 14.3. The first kappa shape index (κ1) is 35.0. The summed E-state index contributed by atoms with van der Waals surface area (Å²) < 4.78 is 22.0. The van der Waals surface area contributed by atoms with Crippen molar-refractivity contribution in [2.75, 3.05) is 6.54 Å². The number of nitrogens with one attached hydrogen (secondary N) is 3. The van der Waals surface area contributed by atoms with Gasteiger partial charge in [0, 0.05) is 23.0 Å². The van der Waals surface area contributed by atoms with Gasteiger partial charge in [0.15, 0.2) is 5.76 Å². The minimum atomic E-state index is -0.750. The number of furan rings is 1. The van der Waals surface area contributed by atoms with Gasteiger partial charge in [0.1, 0.15) is 35.8 Å². The molecule has 1 aromatic heterocycles. The molecule has 3 aromatic rings. The first-order valence-electron chi connectivity index (χ1n) is 15.7. The Bertz CT molecular complexity index is 1590. The van der Waals surface area contributed by atoms with E-state index in [1.807, 2.05) is 30.3 Å². The summed E-state index contributed by atoms with van der Waals surface area (Å²) in [4.78, 5) is 52.5. The molecule has 1 saturated carbocycles. The average molecular weight is 649 g/mol. The molecule has 2 aromatic carbocycles. The second-order valence-electron chi connectivity index (χ2n) is 13.6. The molecule has 0 aliphatic heterocycles. The Hall–Kier alpha value is -4.87. The Morgan fingerprint density at radius 2 is 1.55 bits per heavy atom. The molecule has 3 N–H and O–H groups in total. The van der Waals surface area contributed by atoms with Crippen molar-refractivity contribution in [3.8, 4) is 0 Å². The fraction of sp³-hybridized carbons (Fsp3) is 0.457. The summed E-state index contributed by atoms with van der Waals surface area (Å²) in [6.45, 7) is 10.5. The van der Waals surface area contributed by atoms with E-state index in [1.54, 1.807) is 65.8 Å². The van der Waals surface area contributed by atoms with E-state index < -0.39 is 29.4 Å². The quantitative estimate of drug-likeness (QED) is 0.111. The molecule has 1 aliphatic rings. The molecule has 0 unspecified atom stereocenters. The van der Waals surface area contributed by atoms with Crippen LogP contribution in [0.3, 0.4) is 0 Å². The number of esters is 1. The molecule has 0 radical (unpaired) electrons. The number of fused-ring (bicyclic) bond motifs is 1. The summed E-state index contributed by atoms with van der Waals surface area (Å²) in [6.07, 6.45) is 0.943. The summed E-state index contributed by atoms with van der Waals surface area (Å²) in [6, 6.07) is 15.3. The third kappa shape index (κ3) is 10.6. The van der Waals surface area contributed by atoms with Crippen LogP contribution in [0.5, 0.6) is 0 Å². The van der Waals surface area contributed by atoms with E-state index in [0.717, 1.165) is 5.56 Å². The topological polar surface area (TPSA) is 160 Å². The fourth-order valence-electron chi connectivity index (χ4n) is 5.21. The zero-order chi connectivity index (χ0) is 34.4. The number of benzene rings is 2. The first-order valence-corrected chi connectivity index (χ1v) is 15.7. The van der Waals surface area contributed by atoms with Gasteiger partial charge in [-0.1, -0.05) is 30.3 Å². The van der Waals surface area contributed by atoms with Crippen molar-refractivity contribution < 1.29 is 37.8 Å². The SMILES string of the molecule is CC(C)(C)OC(=O)CN(C(=O)OC(C)(C)C)C1CCC(NC(=O)c2cc3cc(C(=N)NC(=O)OCc4ccccc4)ccc3o2)CC1. The molecule has 0 saturated heterocycles. The van der Waals surface area contributed by atoms with Gasteiger partial charge < -0.3 is 23.9 Å². The van der Waals surface area contributed by atoms with Gasteiger partial charge in [-0.3, -0.25) is 25.2 Å². The molecule has 1 aliphatic carbocycles. The van der Waals surface area contributed by atoms with E-state index in [9.17, 15) is 19.2 Å².